The van der Waals surface area contributed by atoms with Crippen molar-refractivity contribution < 1.29 is 8.42 Å². The molecular formula is C25H29BrN4O2S. The van der Waals surface area contributed by atoms with Crippen molar-refractivity contribution in [2.24, 2.45) is 5.92 Å². The molecule has 0 radical (unpaired) electrons. The van der Waals surface area contributed by atoms with E-state index in [1.807, 2.05) is 36.7 Å². The van der Waals surface area contributed by atoms with Crippen LogP contribution in [0.2, 0.25) is 0 Å². The third kappa shape index (κ3) is 5.09. The fourth-order valence-electron chi connectivity index (χ4n) is 4.95. The van der Waals surface area contributed by atoms with E-state index in [2.05, 4.69) is 42.8 Å². The van der Waals surface area contributed by atoms with E-state index in [4.69, 9.17) is 0 Å². The highest BCUT2D eigenvalue weighted by Crippen LogP contribution is 2.27. The van der Waals surface area contributed by atoms with Gasteiger partial charge in [0.25, 0.3) is 0 Å². The molecule has 3 aromatic rings. The van der Waals surface area contributed by atoms with Crippen molar-refractivity contribution in [3.05, 3.63) is 65.4 Å². The molecule has 0 spiro atoms. The average molecular weight is 530 g/mol. The third-order valence-corrected chi connectivity index (χ3v) is 9.29. The number of sulfonamides is 1. The van der Waals surface area contributed by atoms with Gasteiger partial charge in [0.2, 0.25) is 10.0 Å². The standard InChI is InChI=1S/C25H29BrN4O2S/c26-23-3-1-22-18-25(4-2-21(22)17-23)33(31,32)30-15-13-28(14-16-30)19-20-7-11-29(12-8-20)24-5-9-27-10-6-24/h1-6,9-10,17-18,20H,7-8,11-16,19H2. The second kappa shape index (κ2) is 9.70. The lowest BCUT2D eigenvalue weighted by atomic mass is 9.95. The highest BCUT2D eigenvalue weighted by atomic mass is 79.9. The molecule has 33 heavy (non-hydrogen) atoms. The van der Waals surface area contributed by atoms with Gasteiger partial charge in [0, 0.05) is 68.4 Å². The number of pyridine rings is 1. The SMILES string of the molecule is O=S(=O)(c1ccc2cc(Br)ccc2c1)N1CCN(CC2CCN(c3ccncc3)CC2)CC1. The van der Waals surface area contributed by atoms with Crippen molar-refractivity contribution in [2.45, 2.75) is 17.7 Å². The summed E-state index contributed by atoms with van der Waals surface area (Å²) >= 11 is 3.47. The number of piperazine rings is 1. The predicted octanol–water partition coefficient (Wildman–Crippen LogP) is 4.22. The Hall–Kier alpha value is -2.00. The van der Waals surface area contributed by atoms with Crippen molar-refractivity contribution in [3.8, 4) is 0 Å². The maximum absolute atomic E-state index is 13.3. The topological polar surface area (TPSA) is 56.8 Å². The van der Waals surface area contributed by atoms with Gasteiger partial charge in [-0.3, -0.25) is 4.98 Å². The van der Waals surface area contributed by atoms with Gasteiger partial charge in [0.05, 0.1) is 4.90 Å². The van der Waals surface area contributed by atoms with E-state index in [1.165, 1.54) is 18.5 Å². The number of hydrogen-bond donors (Lipinski definition) is 0. The lowest BCUT2D eigenvalue weighted by molar-refractivity contribution is 0.155. The summed E-state index contributed by atoms with van der Waals surface area (Å²) in [5, 5.41) is 1.97. The summed E-state index contributed by atoms with van der Waals surface area (Å²) in [4.78, 5) is 9.37. The number of piperidine rings is 1. The van der Waals surface area contributed by atoms with Crippen LogP contribution in [0.5, 0.6) is 0 Å². The molecule has 2 saturated heterocycles. The monoisotopic (exact) mass is 528 g/mol. The molecule has 0 saturated carbocycles. The van der Waals surface area contributed by atoms with Crippen LogP contribution in [0.3, 0.4) is 0 Å². The summed E-state index contributed by atoms with van der Waals surface area (Å²) < 4.78 is 29.1. The first kappa shape index (κ1) is 22.8. The zero-order valence-corrected chi connectivity index (χ0v) is 21.0. The van der Waals surface area contributed by atoms with Gasteiger partial charge in [-0.1, -0.05) is 28.1 Å². The Labute approximate surface area is 204 Å². The van der Waals surface area contributed by atoms with Crippen LogP contribution in [0.4, 0.5) is 5.69 Å². The van der Waals surface area contributed by atoms with Crippen LogP contribution in [-0.2, 0) is 10.0 Å². The zero-order chi connectivity index (χ0) is 22.8. The Bertz CT molecular complexity index is 1210. The second-order valence-electron chi connectivity index (χ2n) is 8.99. The van der Waals surface area contributed by atoms with Gasteiger partial charge in [-0.25, -0.2) is 8.42 Å². The van der Waals surface area contributed by atoms with Crippen LogP contribution in [0.15, 0.2) is 70.3 Å². The lowest BCUT2D eigenvalue weighted by Crippen LogP contribution is -2.50. The maximum atomic E-state index is 13.3. The normalized spacial score (nSPS) is 19.2. The summed E-state index contributed by atoms with van der Waals surface area (Å²) in [6.45, 7) is 5.90. The predicted molar refractivity (Wildman–Crippen MR) is 136 cm³/mol. The van der Waals surface area contributed by atoms with Gasteiger partial charge in [-0.05, 0) is 65.9 Å². The fraction of sp³-hybridized carbons (Fsp3) is 0.400. The van der Waals surface area contributed by atoms with E-state index in [1.54, 1.807) is 16.4 Å². The minimum absolute atomic E-state index is 0.384. The molecular weight excluding hydrogens is 500 g/mol. The largest absolute Gasteiger partial charge is 0.371 e. The first-order valence-corrected chi connectivity index (χ1v) is 13.8. The quantitative estimate of drug-likeness (QED) is 0.496. The molecule has 2 aliphatic heterocycles. The number of benzene rings is 2. The summed E-state index contributed by atoms with van der Waals surface area (Å²) in [6, 6.07) is 15.5. The lowest BCUT2D eigenvalue weighted by Gasteiger charge is -2.39. The molecule has 3 heterocycles. The van der Waals surface area contributed by atoms with Crippen molar-refractivity contribution in [1.82, 2.24) is 14.2 Å². The Morgan fingerprint density at radius 3 is 2.24 bits per heavy atom. The Morgan fingerprint density at radius 1 is 0.848 bits per heavy atom. The van der Waals surface area contributed by atoms with Gasteiger partial charge >= 0.3 is 0 Å². The first-order valence-electron chi connectivity index (χ1n) is 11.6. The fourth-order valence-corrected chi connectivity index (χ4v) is 6.79. The van der Waals surface area contributed by atoms with Crippen molar-refractivity contribution in [1.29, 1.82) is 0 Å². The van der Waals surface area contributed by atoms with Crippen LogP contribution in [0.1, 0.15) is 12.8 Å². The Kier molecular flexibility index (Phi) is 6.69. The second-order valence-corrected chi connectivity index (χ2v) is 11.8. The number of halogens is 1. The summed E-state index contributed by atoms with van der Waals surface area (Å²) in [5.41, 5.74) is 1.25. The average Bonchev–Trinajstić information content (AvgIpc) is 2.85. The van der Waals surface area contributed by atoms with Crippen molar-refractivity contribution in [3.63, 3.8) is 0 Å². The van der Waals surface area contributed by atoms with Crippen LogP contribution in [0.25, 0.3) is 10.8 Å². The van der Waals surface area contributed by atoms with Gasteiger partial charge in [-0.15, -0.1) is 0 Å². The van der Waals surface area contributed by atoms with Crippen molar-refractivity contribution in [2.75, 3.05) is 50.7 Å². The van der Waals surface area contributed by atoms with Crippen LogP contribution >= 0.6 is 15.9 Å². The smallest absolute Gasteiger partial charge is 0.243 e. The van der Waals surface area contributed by atoms with Crippen LogP contribution < -0.4 is 4.90 Å². The molecule has 0 aliphatic carbocycles. The molecule has 0 atom stereocenters. The van der Waals surface area contributed by atoms with E-state index in [9.17, 15) is 8.42 Å². The number of rotatable bonds is 5. The molecule has 8 heteroatoms. The number of anilines is 1. The van der Waals surface area contributed by atoms with E-state index < -0.39 is 10.0 Å². The number of fused-ring (bicyclic) bond motifs is 1. The molecule has 6 nitrogen and oxygen atoms in total. The minimum atomic E-state index is -3.47. The molecule has 1 aromatic heterocycles. The number of hydrogen-bond acceptors (Lipinski definition) is 5. The van der Waals surface area contributed by atoms with Gasteiger partial charge in [0.15, 0.2) is 0 Å². The Balaban J connectivity index is 1.15. The highest BCUT2D eigenvalue weighted by molar-refractivity contribution is 9.10. The molecule has 0 unspecified atom stereocenters. The van der Waals surface area contributed by atoms with Crippen LogP contribution in [-0.4, -0.2) is 68.4 Å². The Morgan fingerprint density at radius 2 is 1.52 bits per heavy atom. The van der Waals surface area contributed by atoms with Crippen LogP contribution in [0, 0.1) is 5.92 Å². The van der Waals surface area contributed by atoms with Gasteiger partial charge < -0.3 is 9.80 Å². The van der Waals surface area contributed by atoms with E-state index in [0.29, 0.717) is 23.9 Å². The summed E-state index contributed by atoms with van der Waals surface area (Å²) in [7, 11) is -3.47. The van der Waals surface area contributed by atoms with E-state index >= 15 is 0 Å². The molecule has 2 aliphatic rings. The molecule has 2 aromatic carbocycles. The highest BCUT2D eigenvalue weighted by Gasteiger charge is 2.30. The molecule has 5 rings (SSSR count). The van der Waals surface area contributed by atoms with Gasteiger partial charge in [-0.2, -0.15) is 4.31 Å². The van der Waals surface area contributed by atoms with E-state index in [-0.39, 0.29) is 0 Å². The first-order chi connectivity index (χ1) is 16.0. The molecule has 0 N–H and O–H groups in total. The molecule has 174 valence electrons. The summed E-state index contributed by atoms with van der Waals surface area (Å²) in [6.07, 6.45) is 6.06. The molecule has 2 fully saturated rings. The zero-order valence-electron chi connectivity index (χ0n) is 18.6. The molecule has 0 amide bonds. The molecule has 0 bridgehead atoms. The minimum Gasteiger partial charge on any atom is -0.371 e. The van der Waals surface area contributed by atoms with Gasteiger partial charge in [0.1, 0.15) is 0 Å². The third-order valence-electron chi connectivity index (χ3n) is 6.90. The van der Waals surface area contributed by atoms with E-state index in [0.717, 1.165) is 48.0 Å². The number of aromatic nitrogens is 1. The summed E-state index contributed by atoms with van der Waals surface area (Å²) in [5.74, 6) is 0.672. The van der Waals surface area contributed by atoms with Crippen molar-refractivity contribution >= 4 is 42.4 Å². The maximum Gasteiger partial charge on any atom is 0.243 e. The number of nitrogens with zero attached hydrogens (tertiary/aromatic N) is 4.